The fourth-order valence-electron chi connectivity index (χ4n) is 1.42. The minimum Gasteiger partial charge on any atom is -0.480 e. The molecule has 0 unspecified atom stereocenters. The topological polar surface area (TPSA) is 104 Å². The second-order valence-corrected chi connectivity index (χ2v) is 3.76. The van der Waals surface area contributed by atoms with E-state index in [1.807, 2.05) is 0 Å². The normalized spacial score (nSPS) is 12.0. The average molecular weight is 263 g/mol. The Balaban J connectivity index is 2.66. The predicted octanol–water partition coefficient (Wildman–Crippen LogP) is 0.439. The molecule has 0 aliphatic rings. The van der Waals surface area contributed by atoms with Crippen molar-refractivity contribution < 1.29 is 24.6 Å². The highest BCUT2D eigenvalue weighted by Gasteiger charge is 2.19. The second-order valence-electron chi connectivity index (χ2n) is 3.76. The smallest absolute Gasteiger partial charge is 0.328 e. The summed E-state index contributed by atoms with van der Waals surface area (Å²) in [5.74, 6) is -3.21. The number of amides is 1. The molecule has 0 fully saturated rings. The molecular formula is C13H13NO5. The van der Waals surface area contributed by atoms with Crippen LogP contribution in [0.1, 0.15) is 5.56 Å². The Hall–Kier alpha value is -2.63. The van der Waals surface area contributed by atoms with E-state index in [0.29, 0.717) is 6.08 Å². The van der Waals surface area contributed by atoms with Crippen LogP contribution >= 0.6 is 0 Å². The Bertz CT molecular complexity index is 495. The van der Waals surface area contributed by atoms with Crippen molar-refractivity contribution in [1.82, 2.24) is 5.32 Å². The number of rotatable bonds is 6. The van der Waals surface area contributed by atoms with Crippen molar-refractivity contribution in [2.75, 3.05) is 0 Å². The molecule has 1 aromatic carbocycles. The molecule has 6 heteroatoms. The van der Waals surface area contributed by atoms with Crippen molar-refractivity contribution in [3.05, 3.63) is 48.0 Å². The number of benzene rings is 1. The summed E-state index contributed by atoms with van der Waals surface area (Å²) in [6.07, 6.45) is 1.56. The Kier molecular flexibility index (Phi) is 5.28. The predicted molar refractivity (Wildman–Crippen MR) is 66.5 cm³/mol. The molecule has 6 nitrogen and oxygen atoms in total. The van der Waals surface area contributed by atoms with Gasteiger partial charge in [0.25, 0.3) is 0 Å². The van der Waals surface area contributed by atoms with Gasteiger partial charge in [-0.2, -0.15) is 0 Å². The van der Waals surface area contributed by atoms with Crippen molar-refractivity contribution in [3.63, 3.8) is 0 Å². The number of carbonyl (C=O) groups excluding carboxylic acids is 1. The Morgan fingerprint density at radius 2 is 1.74 bits per heavy atom. The van der Waals surface area contributed by atoms with Gasteiger partial charge in [-0.05, 0) is 5.56 Å². The van der Waals surface area contributed by atoms with Gasteiger partial charge < -0.3 is 15.5 Å². The largest absolute Gasteiger partial charge is 0.480 e. The summed E-state index contributed by atoms with van der Waals surface area (Å²) < 4.78 is 0. The van der Waals surface area contributed by atoms with E-state index >= 15 is 0 Å². The van der Waals surface area contributed by atoms with Gasteiger partial charge in [-0.1, -0.05) is 30.3 Å². The molecule has 1 atom stereocenters. The van der Waals surface area contributed by atoms with E-state index in [0.717, 1.165) is 11.6 Å². The minimum absolute atomic E-state index is 0.128. The zero-order valence-electron chi connectivity index (χ0n) is 9.95. The fraction of sp³-hybridized carbons (Fsp3) is 0.154. The van der Waals surface area contributed by atoms with E-state index in [4.69, 9.17) is 10.2 Å². The number of hydrogen-bond acceptors (Lipinski definition) is 3. The molecule has 0 aromatic heterocycles. The summed E-state index contributed by atoms with van der Waals surface area (Å²) in [5.41, 5.74) is 0.761. The molecular weight excluding hydrogens is 250 g/mol. The molecule has 1 aromatic rings. The molecule has 0 saturated carbocycles. The molecule has 0 spiro atoms. The lowest BCUT2D eigenvalue weighted by molar-refractivity contribution is -0.141. The fourth-order valence-corrected chi connectivity index (χ4v) is 1.42. The van der Waals surface area contributed by atoms with Gasteiger partial charge >= 0.3 is 11.9 Å². The first-order valence-electron chi connectivity index (χ1n) is 5.47. The molecule has 100 valence electrons. The maximum atomic E-state index is 11.3. The van der Waals surface area contributed by atoms with Gasteiger partial charge in [0, 0.05) is 18.6 Å². The van der Waals surface area contributed by atoms with Crippen LogP contribution in [0.3, 0.4) is 0 Å². The van der Waals surface area contributed by atoms with E-state index in [1.54, 1.807) is 30.3 Å². The molecule has 0 aliphatic carbocycles. The third-order valence-corrected chi connectivity index (χ3v) is 2.27. The van der Waals surface area contributed by atoms with Gasteiger partial charge in [-0.3, -0.25) is 4.79 Å². The summed E-state index contributed by atoms with van der Waals surface area (Å²) in [6.45, 7) is 0. The van der Waals surface area contributed by atoms with Crippen molar-refractivity contribution >= 4 is 17.8 Å². The van der Waals surface area contributed by atoms with Gasteiger partial charge in [0.2, 0.25) is 5.91 Å². The van der Waals surface area contributed by atoms with Crippen LogP contribution in [0.25, 0.3) is 0 Å². The summed E-state index contributed by atoms with van der Waals surface area (Å²) >= 11 is 0. The first-order chi connectivity index (χ1) is 8.99. The SMILES string of the molecule is O=C(O)/C=C\C(=O)N[C@@H](Cc1ccccc1)C(=O)O. The van der Waals surface area contributed by atoms with Gasteiger partial charge in [0.05, 0.1) is 0 Å². The van der Waals surface area contributed by atoms with Crippen molar-refractivity contribution in [2.24, 2.45) is 0 Å². The van der Waals surface area contributed by atoms with Crippen molar-refractivity contribution in [2.45, 2.75) is 12.5 Å². The van der Waals surface area contributed by atoms with Crippen LogP contribution in [-0.2, 0) is 20.8 Å². The highest BCUT2D eigenvalue weighted by atomic mass is 16.4. The van der Waals surface area contributed by atoms with Crippen LogP contribution in [-0.4, -0.2) is 34.1 Å². The zero-order chi connectivity index (χ0) is 14.3. The molecule has 0 aliphatic heterocycles. The van der Waals surface area contributed by atoms with E-state index in [1.165, 1.54) is 0 Å². The maximum absolute atomic E-state index is 11.3. The standard InChI is InChI=1S/C13H13NO5/c15-11(6-7-12(16)17)14-10(13(18)19)8-9-4-2-1-3-5-9/h1-7,10H,8H2,(H,14,15)(H,16,17)(H,18,19)/b7-6-/t10-/m0/s1. The number of nitrogens with one attached hydrogen (secondary N) is 1. The highest BCUT2D eigenvalue weighted by Crippen LogP contribution is 2.03. The monoisotopic (exact) mass is 263 g/mol. The van der Waals surface area contributed by atoms with Crippen LogP contribution in [0.4, 0.5) is 0 Å². The minimum atomic E-state index is -1.27. The molecule has 3 N–H and O–H groups in total. The first-order valence-corrected chi connectivity index (χ1v) is 5.47. The molecule has 1 amide bonds. The third kappa shape index (κ3) is 5.49. The lowest BCUT2D eigenvalue weighted by Crippen LogP contribution is -2.41. The average Bonchev–Trinajstić information content (AvgIpc) is 2.36. The van der Waals surface area contributed by atoms with Crippen LogP contribution in [0.15, 0.2) is 42.5 Å². The van der Waals surface area contributed by atoms with Crippen molar-refractivity contribution in [3.8, 4) is 0 Å². The molecule has 0 saturated heterocycles. The quantitative estimate of drug-likeness (QED) is 0.646. The van der Waals surface area contributed by atoms with Gasteiger partial charge in [0.1, 0.15) is 6.04 Å². The summed E-state index contributed by atoms with van der Waals surface area (Å²) in [5, 5.41) is 19.6. The van der Waals surface area contributed by atoms with E-state index < -0.39 is 23.9 Å². The van der Waals surface area contributed by atoms with Gasteiger partial charge in [-0.25, -0.2) is 9.59 Å². The zero-order valence-corrected chi connectivity index (χ0v) is 9.95. The molecule has 0 bridgehead atoms. The lowest BCUT2D eigenvalue weighted by Gasteiger charge is -2.13. The Morgan fingerprint density at radius 3 is 2.26 bits per heavy atom. The summed E-state index contributed by atoms with van der Waals surface area (Å²) in [6, 6.07) is 7.71. The van der Waals surface area contributed by atoms with Crippen LogP contribution in [0.5, 0.6) is 0 Å². The molecule has 19 heavy (non-hydrogen) atoms. The second kappa shape index (κ2) is 6.95. The van der Waals surface area contributed by atoms with E-state index in [9.17, 15) is 14.4 Å². The van der Waals surface area contributed by atoms with Crippen LogP contribution in [0, 0.1) is 0 Å². The lowest BCUT2D eigenvalue weighted by atomic mass is 10.1. The number of carbonyl (C=O) groups is 3. The highest BCUT2D eigenvalue weighted by molar-refractivity contribution is 5.95. The van der Waals surface area contributed by atoms with E-state index in [2.05, 4.69) is 5.32 Å². The number of aliphatic carboxylic acids is 2. The Morgan fingerprint density at radius 1 is 1.11 bits per heavy atom. The third-order valence-electron chi connectivity index (χ3n) is 2.27. The molecule has 0 radical (unpaired) electrons. The molecule has 1 rings (SSSR count). The van der Waals surface area contributed by atoms with Crippen LogP contribution in [0.2, 0.25) is 0 Å². The van der Waals surface area contributed by atoms with Crippen LogP contribution < -0.4 is 5.32 Å². The van der Waals surface area contributed by atoms with E-state index in [-0.39, 0.29) is 6.42 Å². The number of hydrogen-bond donors (Lipinski definition) is 3. The summed E-state index contributed by atoms with van der Waals surface area (Å²) in [7, 11) is 0. The van der Waals surface area contributed by atoms with Crippen molar-refractivity contribution in [1.29, 1.82) is 0 Å². The number of carboxylic acid groups (broad SMARTS) is 2. The summed E-state index contributed by atoms with van der Waals surface area (Å²) in [4.78, 5) is 32.6. The number of carboxylic acids is 2. The van der Waals surface area contributed by atoms with Gasteiger partial charge in [-0.15, -0.1) is 0 Å². The molecule has 0 heterocycles. The van der Waals surface area contributed by atoms with Gasteiger partial charge in [0.15, 0.2) is 0 Å². The maximum Gasteiger partial charge on any atom is 0.328 e. The Labute approximate surface area is 109 Å². The first kappa shape index (κ1) is 14.4.